The van der Waals surface area contributed by atoms with Crippen LogP contribution in [0.4, 0.5) is 4.79 Å². The van der Waals surface area contributed by atoms with Crippen molar-refractivity contribution in [1.29, 1.82) is 0 Å². The highest BCUT2D eigenvalue weighted by Crippen LogP contribution is 2.18. The van der Waals surface area contributed by atoms with Crippen LogP contribution in [0, 0.1) is 0 Å². The van der Waals surface area contributed by atoms with Crippen LogP contribution >= 0.6 is 15.9 Å². The van der Waals surface area contributed by atoms with Gasteiger partial charge in [-0.1, -0.05) is 40.2 Å². The molecule has 0 unspecified atom stereocenters. The highest BCUT2D eigenvalue weighted by Gasteiger charge is 2.14. The molecule has 0 heterocycles. The zero-order valence-corrected chi connectivity index (χ0v) is 15.2. The van der Waals surface area contributed by atoms with Gasteiger partial charge in [-0.05, 0) is 42.3 Å². The molecule has 0 radical (unpaired) electrons. The third-order valence-corrected chi connectivity index (χ3v) is 4.19. The molecule has 6 heteroatoms. The lowest BCUT2D eigenvalue weighted by Gasteiger charge is -2.22. The highest BCUT2D eigenvalue weighted by atomic mass is 79.9. The van der Waals surface area contributed by atoms with Crippen LogP contribution in [-0.2, 0) is 6.54 Å². The molecule has 0 aliphatic rings. The molecule has 0 saturated heterocycles. The minimum absolute atomic E-state index is 0.102. The second kappa shape index (κ2) is 7.97. The summed E-state index contributed by atoms with van der Waals surface area (Å²) in [6.45, 7) is 2.38. The maximum absolute atomic E-state index is 12.3. The monoisotopic (exact) mass is 389 g/mol. The smallest absolute Gasteiger partial charge is 0.317 e. The minimum atomic E-state index is -0.463. The van der Waals surface area contributed by atoms with E-state index in [-0.39, 0.29) is 12.1 Å². The van der Waals surface area contributed by atoms with Crippen LogP contribution in [0.1, 0.15) is 34.5 Å². The van der Waals surface area contributed by atoms with E-state index in [0.29, 0.717) is 12.1 Å². The molecule has 0 fully saturated rings. The summed E-state index contributed by atoms with van der Waals surface area (Å²) in [4.78, 5) is 25.0. The summed E-state index contributed by atoms with van der Waals surface area (Å²) < 4.78 is 0.976. The number of carbonyl (C=O) groups is 2. The third kappa shape index (κ3) is 4.83. The van der Waals surface area contributed by atoms with Gasteiger partial charge in [0.2, 0.25) is 5.91 Å². The van der Waals surface area contributed by atoms with Crippen LogP contribution < -0.4 is 11.1 Å². The number of rotatable bonds is 5. The summed E-state index contributed by atoms with van der Waals surface area (Å²) in [5.41, 5.74) is 7.62. The average Bonchev–Trinajstić information content (AvgIpc) is 2.55. The van der Waals surface area contributed by atoms with Gasteiger partial charge in [-0.15, -0.1) is 0 Å². The van der Waals surface area contributed by atoms with Crippen molar-refractivity contribution in [1.82, 2.24) is 10.2 Å². The molecular formula is C18H20BrN3O2. The zero-order valence-electron chi connectivity index (χ0n) is 13.6. The van der Waals surface area contributed by atoms with Gasteiger partial charge in [-0.3, -0.25) is 4.79 Å². The topological polar surface area (TPSA) is 75.4 Å². The molecule has 126 valence electrons. The third-order valence-electron chi connectivity index (χ3n) is 3.69. The first kappa shape index (κ1) is 18.0. The number of hydrogen-bond donors (Lipinski definition) is 2. The van der Waals surface area contributed by atoms with E-state index in [0.717, 1.165) is 15.6 Å². The molecule has 0 aromatic heterocycles. The van der Waals surface area contributed by atoms with E-state index < -0.39 is 5.91 Å². The second-order valence-electron chi connectivity index (χ2n) is 5.64. The SMILES string of the molecule is C[C@H](NC(=O)N(C)Cc1ccc(C(N)=O)cc1)c1cccc(Br)c1. The molecule has 5 nitrogen and oxygen atoms in total. The highest BCUT2D eigenvalue weighted by molar-refractivity contribution is 9.10. The molecule has 2 aromatic carbocycles. The van der Waals surface area contributed by atoms with E-state index in [1.165, 1.54) is 0 Å². The molecule has 2 rings (SSSR count). The quantitative estimate of drug-likeness (QED) is 0.821. The van der Waals surface area contributed by atoms with Gasteiger partial charge >= 0.3 is 6.03 Å². The van der Waals surface area contributed by atoms with Gasteiger partial charge in [-0.25, -0.2) is 4.79 Å². The van der Waals surface area contributed by atoms with Gasteiger partial charge in [0.15, 0.2) is 0 Å². The molecule has 1 atom stereocenters. The maximum atomic E-state index is 12.3. The van der Waals surface area contributed by atoms with Crippen LogP contribution in [0.25, 0.3) is 0 Å². The molecule has 0 bridgehead atoms. The fraction of sp³-hybridized carbons (Fsp3) is 0.222. The van der Waals surface area contributed by atoms with Crippen molar-refractivity contribution < 1.29 is 9.59 Å². The number of halogens is 1. The van der Waals surface area contributed by atoms with Gasteiger partial charge < -0.3 is 16.0 Å². The van der Waals surface area contributed by atoms with Gasteiger partial charge in [0, 0.05) is 23.6 Å². The van der Waals surface area contributed by atoms with E-state index in [9.17, 15) is 9.59 Å². The van der Waals surface area contributed by atoms with Crippen LogP contribution in [-0.4, -0.2) is 23.9 Å². The van der Waals surface area contributed by atoms with Crippen molar-refractivity contribution in [2.45, 2.75) is 19.5 Å². The Kier molecular flexibility index (Phi) is 5.98. The number of amides is 3. The first-order valence-corrected chi connectivity index (χ1v) is 8.32. The standard InChI is InChI=1S/C18H20BrN3O2/c1-12(15-4-3-5-16(19)10-15)21-18(24)22(2)11-13-6-8-14(9-7-13)17(20)23/h3-10,12H,11H2,1-2H3,(H2,20,23)(H,21,24)/t12-/m0/s1. The van der Waals surface area contributed by atoms with E-state index >= 15 is 0 Å². The fourth-order valence-corrected chi connectivity index (χ4v) is 2.69. The Hall–Kier alpha value is -2.34. The number of nitrogens with two attached hydrogens (primary N) is 1. The second-order valence-corrected chi connectivity index (χ2v) is 6.56. The van der Waals surface area contributed by atoms with E-state index in [2.05, 4.69) is 21.2 Å². The molecule has 0 saturated carbocycles. The lowest BCUT2D eigenvalue weighted by Crippen LogP contribution is -2.38. The van der Waals surface area contributed by atoms with Crippen LogP contribution in [0.2, 0.25) is 0 Å². The molecule has 0 aliphatic carbocycles. The number of nitrogens with one attached hydrogen (secondary N) is 1. The zero-order chi connectivity index (χ0) is 17.7. The average molecular weight is 390 g/mol. The largest absolute Gasteiger partial charge is 0.366 e. The van der Waals surface area contributed by atoms with Crippen molar-refractivity contribution in [3.63, 3.8) is 0 Å². The summed E-state index contributed by atoms with van der Waals surface area (Å²) in [5, 5.41) is 2.97. The van der Waals surface area contributed by atoms with Gasteiger partial charge in [-0.2, -0.15) is 0 Å². The lowest BCUT2D eigenvalue weighted by molar-refractivity contribution is 0.1000. The van der Waals surface area contributed by atoms with Gasteiger partial charge in [0.25, 0.3) is 0 Å². The van der Waals surface area contributed by atoms with Gasteiger partial charge in [0.1, 0.15) is 0 Å². The van der Waals surface area contributed by atoms with E-state index in [1.807, 2.05) is 31.2 Å². The van der Waals surface area contributed by atoms with Crippen molar-refractivity contribution in [2.75, 3.05) is 7.05 Å². The summed E-state index contributed by atoms with van der Waals surface area (Å²) in [5.74, 6) is -0.463. The number of carbonyl (C=O) groups excluding carboxylic acids is 2. The molecule has 0 spiro atoms. The van der Waals surface area contributed by atoms with Crippen molar-refractivity contribution in [3.05, 3.63) is 69.7 Å². The van der Waals surface area contributed by atoms with E-state index in [1.54, 1.807) is 36.2 Å². The maximum Gasteiger partial charge on any atom is 0.317 e. The van der Waals surface area contributed by atoms with Crippen molar-refractivity contribution in [3.8, 4) is 0 Å². The van der Waals surface area contributed by atoms with E-state index in [4.69, 9.17) is 5.73 Å². The summed E-state index contributed by atoms with van der Waals surface area (Å²) in [6, 6.07) is 14.5. The predicted molar refractivity (Wildman–Crippen MR) is 97.5 cm³/mol. The molecule has 2 aromatic rings. The predicted octanol–water partition coefficient (Wildman–Crippen LogP) is 3.45. The first-order chi connectivity index (χ1) is 11.4. The number of primary amides is 1. The number of benzene rings is 2. The normalized spacial score (nSPS) is 11.6. The molecule has 24 heavy (non-hydrogen) atoms. The summed E-state index contributed by atoms with van der Waals surface area (Å²) >= 11 is 3.43. The summed E-state index contributed by atoms with van der Waals surface area (Å²) in [7, 11) is 1.73. The Morgan fingerprint density at radius 1 is 1.21 bits per heavy atom. The Morgan fingerprint density at radius 2 is 1.88 bits per heavy atom. The Balaban J connectivity index is 1.95. The minimum Gasteiger partial charge on any atom is -0.366 e. The molecule has 3 N–H and O–H groups in total. The summed E-state index contributed by atoms with van der Waals surface area (Å²) in [6.07, 6.45) is 0. The van der Waals surface area contributed by atoms with Crippen LogP contribution in [0.15, 0.2) is 53.0 Å². The first-order valence-electron chi connectivity index (χ1n) is 7.52. The Morgan fingerprint density at radius 3 is 2.46 bits per heavy atom. The molecule has 3 amide bonds. The van der Waals surface area contributed by atoms with Crippen molar-refractivity contribution in [2.24, 2.45) is 5.73 Å². The fourth-order valence-electron chi connectivity index (χ4n) is 2.27. The Labute approximate surface area is 150 Å². The van der Waals surface area contributed by atoms with Crippen LogP contribution in [0.3, 0.4) is 0 Å². The number of urea groups is 1. The number of hydrogen-bond acceptors (Lipinski definition) is 2. The molecular weight excluding hydrogens is 370 g/mol. The van der Waals surface area contributed by atoms with Gasteiger partial charge in [0.05, 0.1) is 6.04 Å². The lowest BCUT2D eigenvalue weighted by atomic mass is 10.1. The Bertz CT molecular complexity index is 731. The van der Waals surface area contributed by atoms with Crippen LogP contribution in [0.5, 0.6) is 0 Å². The van der Waals surface area contributed by atoms with Crippen molar-refractivity contribution >= 4 is 27.9 Å². The molecule has 0 aliphatic heterocycles. The number of nitrogens with zero attached hydrogens (tertiary/aromatic N) is 1.